The van der Waals surface area contributed by atoms with E-state index < -0.39 is 0 Å². The summed E-state index contributed by atoms with van der Waals surface area (Å²) in [5, 5.41) is 2.12. The molecule has 5 nitrogen and oxygen atoms in total. The van der Waals surface area contributed by atoms with Crippen LogP contribution in [0.15, 0.2) is 10.9 Å². The fourth-order valence-electron chi connectivity index (χ4n) is 3.77. The van der Waals surface area contributed by atoms with Gasteiger partial charge >= 0.3 is 0 Å². The first-order valence-electron chi connectivity index (χ1n) is 8.90. The van der Waals surface area contributed by atoms with Gasteiger partial charge in [-0.2, -0.15) is 0 Å². The van der Waals surface area contributed by atoms with Crippen LogP contribution in [-0.2, 0) is 11.3 Å². The maximum Gasteiger partial charge on any atom is 0.239 e. The standard InChI is InChI=1S/C17H28N4OS/c1-2-6-20-8-3-5-16(20)17(22)21-9-4-7-19(10-11-21)12-15-13-23-14-18-15/h13-14,16H,2-12H2,1H3. The van der Waals surface area contributed by atoms with Gasteiger partial charge in [-0.05, 0) is 38.8 Å². The lowest BCUT2D eigenvalue weighted by Crippen LogP contribution is -2.47. The van der Waals surface area contributed by atoms with Crippen molar-refractivity contribution in [3.05, 3.63) is 16.6 Å². The number of aromatic nitrogens is 1. The Balaban J connectivity index is 1.53. The lowest BCUT2D eigenvalue weighted by Gasteiger charge is -2.29. The highest BCUT2D eigenvalue weighted by atomic mass is 32.1. The molecule has 0 bridgehead atoms. The van der Waals surface area contributed by atoms with E-state index in [1.807, 2.05) is 5.51 Å². The minimum absolute atomic E-state index is 0.139. The van der Waals surface area contributed by atoms with Crippen LogP contribution in [0.2, 0.25) is 0 Å². The predicted molar refractivity (Wildman–Crippen MR) is 93.5 cm³/mol. The number of carbonyl (C=O) groups excluding carboxylic acids is 1. The maximum atomic E-state index is 12.9. The van der Waals surface area contributed by atoms with Gasteiger partial charge in [0.2, 0.25) is 5.91 Å². The van der Waals surface area contributed by atoms with Crippen molar-refractivity contribution in [3.8, 4) is 0 Å². The Labute approximate surface area is 143 Å². The smallest absolute Gasteiger partial charge is 0.239 e. The van der Waals surface area contributed by atoms with Crippen molar-refractivity contribution in [3.63, 3.8) is 0 Å². The van der Waals surface area contributed by atoms with Gasteiger partial charge in [0.05, 0.1) is 17.2 Å². The van der Waals surface area contributed by atoms with Crippen molar-refractivity contribution in [1.82, 2.24) is 19.7 Å². The van der Waals surface area contributed by atoms with Crippen molar-refractivity contribution in [2.45, 2.75) is 45.2 Å². The predicted octanol–water partition coefficient (Wildman–Crippen LogP) is 2.05. The summed E-state index contributed by atoms with van der Waals surface area (Å²) in [6, 6.07) is 0.139. The van der Waals surface area contributed by atoms with Gasteiger partial charge in [0, 0.05) is 38.1 Å². The summed E-state index contributed by atoms with van der Waals surface area (Å²) < 4.78 is 0. The Morgan fingerprint density at radius 1 is 1.26 bits per heavy atom. The molecule has 1 amide bonds. The lowest BCUT2D eigenvalue weighted by molar-refractivity contribution is -0.135. The maximum absolute atomic E-state index is 12.9. The third kappa shape index (κ3) is 4.31. The van der Waals surface area contributed by atoms with Crippen LogP contribution in [0.5, 0.6) is 0 Å². The highest BCUT2D eigenvalue weighted by molar-refractivity contribution is 7.07. The molecule has 1 unspecified atom stereocenters. The van der Waals surface area contributed by atoms with Crippen molar-refractivity contribution in [1.29, 1.82) is 0 Å². The van der Waals surface area contributed by atoms with Crippen molar-refractivity contribution in [2.75, 3.05) is 39.3 Å². The molecule has 2 fully saturated rings. The van der Waals surface area contributed by atoms with Crippen LogP contribution in [0.1, 0.15) is 38.3 Å². The van der Waals surface area contributed by atoms with E-state index in [2.05, 4.69) is 32.0 Å². The van der Waals surface area contributed by atoms with Gasteiger partial charge in [-0.3, -0.25) is 14.6 Å². The zero-order chi connectivity index (χ0) is 16.1. The highest BCUT2D eigenvalue weighted by Gasteiger charge is 2.33. The average molecular weight is 337 g/mol. The average Bonchev–Trinajstić information content (AvgIpc) is 3.16. The van der Waals surface area contributed by atoms with Crippen molar-refractivity contribution >= 4 is 17.2 Å². The monoisotopic (exact) mass is 336 g/mol. The quantitative estimate of drug-likeness (QED) is 0.825. The van der Waals surface area contributed by atoms with Crippen LogP contribution >= 0.6 is 11.3 Å². The number of rotatable bonds is 5. The molecule has 0 radical (unpaired) electrons. The van der Waals surface area contributed by atoms with Gasteiger partial charge in [0.1, 0.15) is 0 Å². The van der Waals surface area contributed by atoms with Crippen LogP contribution in [0, 0.1) is 0 Å². The Morgan fingerprint density at radius 2 is 2.17 bits per heavy atom. The second-order valence-corrected chi connectivity index (χ2v) is 7.35. The lowest BCUT2D eigenvalue weighted by atomic mass is 10.2. The van der Waals surface area contributed by atoms with E-state index in [0.717, 1.165) is 70.8 Å². The van der Waals surface area contributed by atoms with E-state index >= 15 is 0 Å². The molecule has 2 aliphatic heterocycles. The van der Waals surface area contributed by atoms with E-state index in [4.69, 9.17) is 0 Å². The second-order valence-electron chi connectivity index (χ2n) is 6.63. The highest BCUT2D eigenvalue weighted by Crippen LogP contribution is 2.20. The van der Waals surface area contributed by atoms with E-state index in [1.165, 1.54) is 6.42 Å². The van der Waals surface area contributed by atoms with E-state index in [9.17, 15) is 4.79 Å². The summed E-state index contributed by atoms with van der Waals surface area (Å²) in [7, 11) is 0. The first-order chi connectivity index (χ1) is 11.3. The molecular weight excluding hydrogens is 308 g/mol. The Bertz CT molecular complexity index is 493. The van der Waals surface area contributed by atoms with Gasteiger partial charge in [-0.25, -0.2) is 4.98 Å². The van der Waals surface area contributed by atoms with Crippen LogP contribution in [0.25, 0.3) is 0 Å². The van der Waals surface area contributed by atoms with E-state index in [1.54, 1.807) is 11.3 Å². The zero-order valence-corrected chi connectivity index (χ0v) is 14.9. The van der Waals surface area contributed by atoms with Crippen LogP contribution < -0.4 is 0 Å². The topological polar surface area (TPSA) is 39.7 Å². The molecule has 1 aromatic rings. The first kappa shape index (κ1) is 16.9. The first-order valence-corrected chi connectivity index (χ1v) is 9.84. The molecular formula is C17H28N4OS. The Kier molecular flexibility index (Phi) is 6.02. The fraction of sp³-hybridized carbons (Fsp3) is 0.765. The second kappa shape index (κ2) is 8.22. The fourth-order valence-corrected chi connectivity index (χ4v) is 4.32. The summed E-state index contributed by atoms with van der Waals surface area (Å²) in [6.07, 6.45) is 4.40. The molecule has 1 atom stereocenters. The van der Waals surface area contributed by atoms with E-state index in [0.29, 0.717) is 5.91 Å². The van der Waals surface area contributed by atoms with Gasteiger partial charge in [-0.15, -0.1) is 11.3 Å². The zero-order valence-electron chi connectivity index (χ0n) is 14.1. The molecule has 0 aliphatic carbocycles. The summed E-state index contributed by atoms with van der Waals surface area (Å²) in [5.41, 5.74) is 3.05. The normalized spacial score (nSPS) is 24.0. The van der Waals surface area contributed by atoms with E-state index in [-0.39, 0.29) is 6.04 Å². The number of amides is 1. The molecule has 6 heteroatoms. The summed E-state index contributed by atoms with van der Waals surface area (Å²) >= 11 is 1.65. The number of hydrogen-bond donors (Lipinski definition) is 0. The minimum atomic E-state index is 0.139. The van der Waals surface area contributed by atoms with Gasteiger partial charge in [-0.1, -0.05) is 6.92 Å². The molecule has 0 aromatic carbocycles. The van der Waals surface area contributed by atoms with Gasteiger partial charge in [0.25, 0.3) is 0 Å². The molecule has 0 spiro atoms. The third-order valence-corrected chi connectivity index (χ3v) is 5.56. The van der Waals surface area contributed by atoms with Gasteiger partial charge < -0.3 is 4.90 Å². The molecule has 3 heterocycles. The summed E-state index contributed by atoms with van der Waals surface area (Å²) in [4.78, 5) is 24.2. The number of nitrogens with zero attached hydrogens (tertiary/aromatic N) is 4. The Hall–Kier alpha value is -0.980. The van der Waals surface area contributed by atoms with Crippen molar-refractivity contribution < 1.29 is 4.79 Å². The summed E-state index contributed by atoms with van der Waals surface area (Å²) in [5.74, 6) is 0.367. The molecule has 2 aliphatic rings. The molecule has 128 valence electrons. The van der Waals surface area contributed by atoms with Crippen LogP contribution in [0.4, 0.5) is 0 Å². The number of thiazole rings is 1. The Morgan fingerprint density at radius 3 is 2.96 bits per heavy atom. The minimum Gasteiger partial charge on any atom is -0.340 e. The number of hydrogen-bond acceptors (Lipinski definition) is 5. The van der Waals surface area contributed by atoms with Crippen molar-refractivity contribution in [2.24, 2.45) is 0 Å². The summed E-state index contributed by atoms with van der Waals surface area (Å²) in [6.45, 7) is 9.05. The van der Waals surface area contributed by atoms with Crippen LogP contribution in [-0.4, -0.2) is 70.9 Å². The van der Waals surface area contributed by atoms with Crippen LogP contribution in [0.3, 0.4) is 0 Å². The molecule has 23 heavy (non-hydrogen) atoms. The number of likely N-dealkylation sites (tertiary alicyclic amines) is 1. The van der Waals surface area contributed by atoms with Gasteiger partial charge in [0.15, 0.2) is 0 Å². The SMILES string of the molecule is CCCN1CCCC1C(=O)N1CCCN(Cc2cscn2)CC1. The molecule has 2 saturated heterocycles. The largest absolute Gasteiger partial charge is 0.340 e. The molecule has 0 N–H and O–H groups in total. The molecule has 3 rings (SSSR count). The molecule has 0 saturated carbocycles. The number of carbonyl (C=O) groups is 1. The third-order valence-electron chi connectivity index (χ3n) is 4.93. The molecule has 1 aromatic heterocycles.